The lowest BCUT2D eigenvalue weighted by molar-refractivity contribution is -0.148. The van der Waals surface area contributed by atoms with Crippen molar-refractivity contribution in [3.63, 3.8) is 0 Å². The molecule has 2 aromatic rings. The third-order valence-corrected chi connectivity index (χ3v) is 9.47. The number of esters is 1. The molecule has 174 valence electrons. The molecule has 1 aromatic heterocycles. The third-order valence-electron chi connectivity index (χ3n) is 9.47. The van der Waals surface area contributed by atoms with Gasteiger partial charge in [0.05, 0.1) is 11.9 Å². The van der Waals surface area contributed by atoms with E-state index in [-0.39, 0.29) is 23.0 Å². The van der Waals surface area contributed by atoms with Crippen molar-refractivity contribution in [2.45, 2.75) is 77.4 Å². The van der Waals surface area contributed by atoms with Crippen LogP contribution in [0.1, 0.15) is 64.9 Å². The number of allylic oxidation sites excluding steroid dienone is 1. The fraction of sp³-hybridized carbons (Fsp3) is 0.571. The smallest absolute Gasteiger partial charge is 0.302 e. The minimum Gasteiger partial charge on any atom is -0.462 e. The van der Waals surface area contributed by atoms with Crippen LogP contribution in [-0.2, 0) is 16.0 Å². The summed E-state index contributed by atoms with van der Waals surface area (Å²) < 4.78 is 7.68. The maximum absolute atomic E-state index is 11.5. The summed E-state index contributed by atoms with van der Waals surface area (Å²) in [7, 11) is 0. The molecular formula is C28H35N3O2. The van der Waals surface area contributed by atoms with E-state index in [1.807, 2.05) is 0 Å². The highest BCUT2D eigenvalue weighted by molar-refractivity contribution is 5.66. The molecule has 0 amide bonds. The topological polar surface area (TPSA) is 56.1 Å². The first-order valence-electron chi connectivity index (χ1n) is 12.6. The first-order valence-corrected chi connectivity index (χ1v) is 12.6. The molecule has 0 radical (unpaired) electrons. The van der Waals surface area contributed by atoms with Crippen LogP contribution in [0.3, 0.4) is 0 Å². The maximum Gasteiger partial charge on any atom is 0.302 e. The van der Waals surface area contributed by atoms with Crippen molar-refractivity contribution in [3.05, 3.63) is 53.7 Å². The van der Waals surface area contributed by atoms with Gasteiger partial charge in [0.1, 0.15) is 11.9 Å². The molecule has 5 nitrogen and oxygen atoms in total. The number of nitrogens with one attached hydrogen (secondary N) is 1. The zero-order valence-electron chi connectivity index (χ0n) is 20.0. The molecule has 4 aliphatic rings. The summed E-state index contributed by atoms with van der Waals surface area (Å²) in [5.74, 6) is 3.04. The Morgan fingerprint density at radius 1 is 1.12 bits per heavy atom. The van der Waals surface area contributed by atoms with Gasteiger partial charge in [0.25, 0.3) is 0 Å². The number of hydrogen-bond acceptors (Lipinski definition) is 4. The summed E-state index contributed by atoms with van der Waals surface area (Å²) in [6.07, 6.45) is 12.4. The first kappa shape index (κ1) is 21.0. The third kappa shape index (κ3) is 3.26. The van der Waals surface area contributed by atoms with E-state index in [1.54, 1.807) is 5.57 Å². The number of aromatic nitrogens is 2. The standard InChI is InChI=1S/C28H35N3O2/c1-18(32)33-22-11-13-27(2)20(16-22)9-10-23-24(27)12-14-28(3)25(23)15-19-17-29-31(26(19)30-28)21-7-5-4-6-8-21/h4-9,17,22-25,30H,10-16H2,1-3H3. The molecule has 1 aliphatic heterocycles. The van der Waals surface area contributed by atoms with Gasteiger partial charge < -0.3 is 10.1 Å². The summed E-state index contributed by atoms with van der Waals surface area (Å²) in [5.41, 5.74) is 4.35. The van der Waals surface area contributed by atoms with Gasteiger partial charge in [0, 0.05) is 24.4 Å². The highest BCUT2D eigenvalue weighted by Crippen LogP contribution is 2.61. The number of hydrogen-bond donors (Lipinski definition) is 1. The predicted octanol–water partition coefficient (Wildman–Crippen LogP) is 5.69. The van der Waals surface area contributed by atoms with E-state index in [1.165, 1.54) is 31.1 Å². The van der Waals surface area contributed by atoms with Gasteiger partial charge in [-0.15, -0.1) is 0 Å². The Bertz CT molecular complexity index is 1110. The van der Waals surface area contributed by atoms with E-state index in [0.717, 1.165) is 37.8 Å². The largest absolute Gasteiger partial charge is 0.462 e. The van der Waals surface area contributed by atoms with E-state index in [2.05, 4.69) is 66.5 Å². The number of carbonyl (C=O) groups is 1. The summed E-state index contributed by atoms with van der Waals surface area (Å²) >= 11 is 0. The van der Waals surface area contributed by atoms with E-state index in [4.69, 9.17) is 9.84 Å². The number of nitrogens with zero attached hydrogens (tertiary/aromatic N) is 2. The fourth-order valence-electron chi connectivity index (χ4n) is 7.75. The van der Waals surface area contributed by atoms with Crippen molar-refractivity contribution < 1.29 is 9.53 Å². The van der Waals surface area contributed by atoms with Crippen LogP contribution in [0.4, 0.5) is 5.82 Å². The number of para-hydroxylation sites is 1. The van der Waals surface area contributed by atoms with Crippen LogP contribution in [0.2, 0.25) is 0 Å². The Hall–Kier alpha value is -2.56. The Labute approximate surface area is 196 Å². The van der Waals surface area contributed by atoms with Gasteiger partial charge in [-0.3, -0.25) is 4.79 Å². The molecule has 1 aromatic carbocycles. The van der Waals surface area contributed by atoms with Crippen LogP contribution in [0.5, 0.6) is 0 Å². The van der Waals surface area contributed by atoms with E-state index in [9.17, 15) is 4.79 Å². The van der Waals surface area contributed by atoms with Crippen molar-refractivity contribution in [1.29, 1.82) is 0 Å². The molecule has 6 rings (SSSR count). The van der Waals surface area contributed by atoms with Gasteiger partial charge in [-0.25, -0.2) is 4.68 Å². The van der Waals surface area contributed by atoms with Crippen molar-refractivity contribution >= 4 is 11.8 Å². The average Bonchev–Trinajstić information content (AvgIpc) is 3.19. The predicted molar refractivity (Wildman–Crippen MR) is 129 cm³/mol. The Balaban J connectivity index is 1.30. The van der Waals surface area contributed by atoms with Crippen LogP contribution in [-0.4, -0.2) is 27.4 Å². The lowest BCUT2D eigenvalue weighted by Crippen LogP contribution is -2.58. The molecule has 33 heavy (non-hydrogen) atoms. The quantitative estimate of drug-likeness (QED) is 0.476. The number of rotatable bonds is 2. The summed E-state index contributed by atoms with van der Waals surface area (Å²) in [6, 6.07) is 10.5. The second kappa shape index (κ2) is 7.48. The summed E-state index contributed by atoms with van der Waals surface area (Å²) in [4.78, 5) is 11.5. The zero-order valence-corrected chi connectivity index (χ0v) is 20.0. The van der Waals surface area contributed by atoms with Gasteiger partial charge in [-0.2, -0.15) is 5.10 Å². The molecule has 3 aliphatic carbocycles. The van der Waals surface area contributed by atoms with Crippen LogP contribution in [0.25, 0.3) is 5.69 Å². The average molecular weight is 446 g/mol. The minimum atomic E-state index is -0.147. The van der Waals surface area contributed by atoms with Gasteiger partial charge in [0.2, 0.25) is 0 Å². The minimum absolute atomic E-state index is 0.0648. The highest BCUT2D eigenvalue weighted by atomic mass is 16.5. The molecule has 6 atom stereocenters. The van der Waals surface area contributed by atoms with Crippen molar-refractivity contribution in [3.8, 4) is 5.69 Å². The Morgan fingerprint density at radius 3 is 2.73 bits per heavy atom. The second-order valence-electron chi connectivity index (χ2n) is 11.3. The summed E-state index contributed by atoms with van der Waals surface area (Å²) in [5, 5.41) is 8.76. The molecule has 0 saturated heterocycles. The number of anilines is 1. The molecular weight excluding hydrogens is 410 g/mol. The van der Waals surface area contributed by atoms with Crippen LogP contribution >= 0.6 is 0 Å². The van der Waals surface area contributed by atoms with E-state index < -0.39 is 0 Å². The molecule has 0 bridgehead atoms. The fourth-order valence-corrected chi connectivity index (χ4v) is 7.75. The van der Waals surface area contributed by atoms with Gasteiger partial charge in [0.15, 0.2) is 0 Å². The van der Waals surface area contributed by atoms with Crippen molar-refractivity contribution in [2.75, 3.05) is 5.32 Å². The van der Waals surface area contributed by atoms with Gasteiger partial charge in [-0.1, -0.05) is 36.8 Å². The monoisotopic (exact) mass is 445 g/mol. The van der Waals surface area contributed by atoms with E-state index in [0.29, 0.717) is 17.8 Å². The number of benzene rings is 1. The number of ether oxygens (including phenoxy) is 1. The molecule has 1 N–H and O–H groups in total. The van der Waals surface area contributed by atoms with Crippen LogP contribution in [0.15, 0.2) is 48.2 Å². The Kier molecular flexibility index (Phi) is 4.76. The second-order valence-corrected chi connectivity index (χ2v) is 11.3. The molecule has 6 unspecified atom stereocenters. The molecule has 5 heteroatoms. The molecule has 2 saturated carbocycles. The first-order chi connectivity index (χ1) is 15.9. The number of carbonyl (C=O) groups excluding carboxylic acids is 1. The highest BCUT2D eigenvalue weighted by Gasteiger charge is 2.56. The maximum atomic E-state index is 11.5. The van der Waals surface area contributed by atoms with Crippen molar-refractivity contribution in [2.24, 2.45) is 23.2 Å². The molecule has 2 fully saturated rings. The number of fused-ring (bicyclic) bond motifs is 6. The van der Waals surface area contributed by atoms with Crippen LogP contribution in [0, 0.1) is 23.2 Å². The SMILES string of the molecule is CC(=O)OC1CCC2(C)C(=CCC3C4Cc5cnn(-c6ccccc6)c5NC4(C)CCC32)C1. The lowest BCUT2D eigenvalue weighted by Gasteiger charge is -2.60. The Morgan fingerprint density at radius 2 is 1.94 bits per heavy atom. The molecule has 2 heterocycles. The molecule has 0 spiro atoms. The van der Waals surface area contributed by atoms with Gasteiger partial charge in [-0.05, 0) is 80.8 Å². The van der Waals surface area contributed by atoms with Crippen molar-refractivity contribution in [1.82, 2.24) is 9.78 Å². The lowest BCUT2D eigenvalue weighted by atomic mass is 9.48. The van der Waals surface area contributed by atoms with Gasteiger partial charge >= 0.3 is 5.97 Å². The van der Waals surface area contributed by atoms with E-state index >= 15 is 0 Å². The van der Waals surface area contributed by atoms with Crippen LogP contribution < -0.4 is 5.32 Å². The zero-order chi connectivity index (χ0) is 22.8. The summed E-state index contributed by atoms with van der Waals surface area (Å²) in [6.45, 7) is 6.47. The normalized spacial score (nSPS) is 36.9.